The predicted molar refractivity (Wildman–Crippen MR) is 82.1 cm³/mol. The molecule has 0 bridgehead atoms. The van der Waals surface area contributed by atoms with Crippen molar-refractivity contribution in [3.05, 3.63) is 4.88 Å². The van der Waals surface area contributed by atoms with Gasteiger partial charge in [0.25, 0.3) is 0 Å². The number of carbonyl (C=O) groups is 1. The van der Waals surface area contributed by atoms with Crippen LogP contribution in [0.5, 0.6) is 5.75 Å². The highest BCUT2D eigenvalue weighted by Crippen LogP contribution is 2.47. The van der Waals surface area contributed by atoms with E-state index in [-0.39, 0.29) is 11.7 Å². The fourth-order valence-corrected chi connectivity index (χ4v) is 3.44. The van der Waals surface area contributed by atoms with Crippen molar-refractivity contribution in [1.82, 2.24) is 0 Å². The molecule has 0 radical (unpaired) electrons. The third kappa shape index (κ3) is 2.91. The predicted octanol–water partition coefficient (Wildman–Crippen LogP) is 2.40. The lowest BCUT2D eigenvalue weighted by molar-refractivity contribution is 0.0972. The van der Waals surface area contributed by atoms with Crippen LogP contribution < -0.4 is 15.4 Å². The summed E-state index contributed by atoms with van der Waals surface area (Å²) in [5.74, 6) is 0.958. The Morgan fingerprint density at radius 2 is 2.15 bits per heavy atom. The summed E-state index contributed by atoms with van der Waals surface area (Å²) in [6.07, 6.45) is 1.96. The first-order valence-electron chi connectivity index (χ1n) is 6.88. The van der Waals surface area contributed by atoms with E-state index in [1.165, 1.54) is 11.3 Å². The molecular formula is C14H22N2O3S. The van der Waals surface area contributed by atoms with Crippen molar-refractivity contribution in [3.8, 4) is 5.75 Å². The van der Waals surface area contributed by atoms with Crippen LogP contribution in [0.2, 0.25) is 0 Å². The van der Waals surface area contributed by atoms with Gasteiger partial charge in [-0.2, -0.15) is 0 Å². The zero-order valence-corrected chi connectivity index (χ0v) is 13.1. The number of hydrogen-bond acceptors (Lipinski definition) is 6. The van der Waals surface area contributed by atoms with Gasteiger partial charge in [-0.1, -0.05) is 0 Å². The summed E-state index contributed by atoms with van der Waals surface area (Å²) < 4.78 is 10.5. The zero-order valence-electron chi connectivity index (χ0n) is 12.3. The van der Waals surface area contributed by atoms with Crippen LogP contribution in [0.15, 0.2) is 0 Å². The molecule has 1 aromatic heterocycles. The Labute approximate surface area is 123 Å². The topological polar surface area (TPSA) is 64.8 Å². The number of anilines is 2. The number of nitrogens with two attached hydrogens (primary N) is 1. The molecule has 0 amide bonds. The molecule has 6 heteroatoms. The minimum Gasteiger partial charge on any atom is -0.492 e. The van der Waals surface area contributed by atoms with E-state index in [2.05, 4.69) is 11.8 Å². The first-order valence-corrected chi connectivity index (χ1v) is 7.70. The van der Waals surface area contributed by atoms with E-state index in [0.29, 0.717) is 22.9 Å². The van der Waals surface area contributed by atoms with Crippen LogP contribution in [0.1, 0.15) is 29.4 Å². The molecule has 1 aromatic rings. The summed E-state index contributed by atoms with van der Waals surface area (Å²) in [7, 11) is 3.27. The van der Waals surface area contributed by atoms with Crippen LogP contribution >= 0.6 is 11.3 Å². The lowest BCUT2D eigenvalue weighted by Gasteiger charge is -2.21. The van der Waals surface area contributed by atoms with Crippen molar-refractivity contribution in [2.75, 3.05) is 44.5 Å². The van der Waals surface area contributed by atoms with Crippen molar-refractivity contribution in [1.29, 1.82) is 0 Å². The standard InChI is InChI=1S/C14H22N2O3S/c1-4-16(7-8-18-2)14-12(19-3)10(15)13(20-14)11(17)9-5-6-9/h9H,4-8,15H2,1-3H3. The van der Waals surface area contributed by atoms with E-state index < -0.39 is 0 Å². The van der Waals surface area contributed by atoms with Crippen LogP contribution in [0.25, 0.3) is 0 Å². The van der Waals surface area contributed by atoms with E-state index >= 15 is 0 Å². The largest absolute Gasteiger partial charge is 0.492 e. The summed E-state index contributed by atoms with van der Waals surface area (Å²) >= 11 is 1.44. The fourth-order valence-electron chi connectivity index (χ4n) is 2.14. The van der Waals surface area contributed by atoms with Gasteiger partial charge in [-0.25, -0.2) is 0 Å². The molecule has 5 nitrogen and oxygen atoms in total. The van der Waals surface area contributed by atoms with Crippen molar-refractivity contribution in [2.45, 2.75) is 19.8 Å². The molecule has 0 spiro atoms. The number of Topliss-reactive ketones (excluding diaryl/α,β-unsaturated/α-hetero) is 1. The Morgan fingerprint density at radius 3 is 2.65 bits per heavy atom. The summed E-state index contributed by atoms with van der Waals surface area (Å²) in [6, 6.07) is 0. The number of hydrogen-bond donors (Lipinski definition) is 1. The number of ketones is 1. The first-order chi connectivity index (χ1) is 9.63. The van der Waals surface area contributed by atoms with E-state index in [4.69, 9.17) is 15.2 Å². The van der Waals surface area contributed by atoms with Crippen LogP contribution in [0.4, 0.5) is 10.7 Å². The molecule has 112 valence electrons. The summed E-state index contributed by atoms with van der Waals surface area (Å²) in [5, 5.41) is 0.925. The van der Waals surface area contributed by atoms with E-state index in [1.807, 2.05) is 0 Å². The third-order valence-corrected chi connectivity index (χ3v) is 4.75. The van der Waals surface area contributed by atoms with E-state index in [9.17, 15) is 4.79 Å². The highest BCUT2D eigenvalue weighted by Gasteiger charge is 2.35. The SMILES string of the molecule is CCN(CCOC)c1sc(C(=O)C2CC2)c(N)c1OC. The maximum atomic E-state index is 12.3. The van der Waals surface area contributed by atoms with Gasteiger partial charge >= 0.3 is 0 Å². The smallest absolute Gasteiger partial charge is 0.178 e. The highest BCUT2D eigenvalue weighted by atomic mass is 32.1. The second-order valence-electron chi connectivity index (χ2n) is 4.89. The van der Waals surface area contributed by atoms with Gasteiger partial charge in [-0.05, 0) is 19.8 Å². The van der Waals surface area contributed by atoms with Crippen LogP contribution in [-0.2, 0) is 4.74 Å². The van der Waals surface area contributed by atoms with Gasteiger partial charge in [0.05, 0.1) is 24.3 Å². The number of nitrogens with zero attached hydrogens (tertiary/aromatic N) is 1. The number of rotatable bonds is 8. The van der Waals surface area contributed by atoms with Gasteiger partial charge in [-0.15, -0.1) is 11.3 Å². The number of ether oxygens (including phenoxy) is 2. The molecule has 1 fully saturated rings. The van der Waals surface area contributed by atoms with Crippen LogP contribution in [0.3, 0.4) is 0 Å². The summed E-state index contributed by atoms with van der Waals surface area (Å²) in [4.78, 5) is 15.0. The van der Waals surface area contributed by atoms with E-state index in [1.54, 1.807) is 14.2 Å². The van der Waals surface area contributed by atoms with Gasteiger partial charge in [0.2, 0.25) is 0 Å². The lowest BCUT2D eigenvalue weighted by Crippen LogP contribution is -2.26. The molecule has 0 aliphatic heterocycles. The Bertz CT molecular complexity index is 483. The lowest BCUT2D eigenvalue weighted by atomic mass is 10.2. The van der Waals surface area contributed by atoms with Gasteiger partial charge in [-0.3, -0.25) is 4.79 Å². The van der Waals surface area contributed by atoms with Gasteiger partial charge in [0.1, 0.15) is 5.00 Å². The van der Waals surface area contributed by atoms with Gasteiger partial charge in [0, 0.05) is 26.1 Å². The van der Waals surface area contributed by atoms with Crippen molar-refractivity contribution in [3.63, 3.8) is 0 Å². The van der Waals surface area contributed by atoms with E-state index in [0.717, 1.165) is 30.9 Å². The Balaban J connectivity index is 2.30. The second-order valence-corrected chi connectivity index (χ2v) is 5.89. The number of likely N-dealkylation sites (N-methyl/N-ethyl adjacent to an activating group) is 1. The molecule has 2 rings (SSSR count). The Hall–Kier alpha value is -1.27. The van der Waals surface area contributed by atoms with Gasteiger partial charge < -0.3 is 20.1 Å². The molecule has 20 heavy (non-hydrogen) atoms. The van der Waals surface area contributed by atoms with Crippen LogP contribution in [-0.4, -0.2) is 39.7 Å². The second kappa shape index (κ2) is 6.45. The van der Waals surface area contributed by atoms with Crippen molar-refractivity contribution >= 4 is 27.8 Å². The average Bonchev–Trinajstić information content (AvgIpc) is 3.24. The molecule has 1 saturated carbocycles. The molecule has 2 N–H and O–H groups in total. The average molecular weight is 298 g/mol. The molecule has 1 heterocycles. The molecule has 1 aliphatic carbocycles. The number of nitrogen functional groups attached to an aromatic ring is 1. The van der Waals surface area contributed by atoms with Crippen LogP contribution in [0, 0.1) is 5.92 Å². The molecule has 0 aromatic carbocycles. The normalized spacial score (nSPS) is 14.3. The zero-order chi connectivity index (χ0) is 14.7. The summed E-state index contributed by atoms with van der Waals surface area (Å²) in [6.45, 7) is 4.26. The molecule has 0 unspecified atom stereocenters. The Morgan fingerprint density at radius 1 is 1.45 bits per heavy atom. The van der Waals surface area contributed by atoms with Crippen molar-refractivity contribution in [2.24, 2.45) is 5.92 Å². The minimum absolute atomic E-state index is 0.167. The minimum atomic E-state index is 0.167. The maximum absolute atomic E-state index is 12.3. The molecular weight excluding hydrogens is 276 g/mol. The highest BCUT2D eigenvalue weighted by molar-refractivity contribution is 7.19. The number of thiophene rings is 1. The molecule has 0 saturated heterocycles. The molecule has 0 atom stereocenters. The third-order valence-electron chi connectivity index (χ3n) is 3.49. The van der Waals surface area contributed by atoms with Gasteiger partial charge in [0.15, 0.2) is 11.5 Å². The number of methoxy groups -OCH3 is 2. The number of carbonyl (C=O) groups excluding carboxylic acids is 1. The quantitative estimate of drug-likeness (QED) is 0.747. The summed E-state index contributed by atoms with van der Waals surface area (Å²) in [5.41, 5.74) is 6.60. The van der Waals surface area contributed by atoms with Crippen molar-refractivity contribution < 1.29 is 14.3 Å². The molecule has 1 aliphatic rings. The monoisotopic (exact) mass is 298 g/mol. The Kier molecular flexibility index (Phi) is 4.88. The maximum Gasteiger partial charge on any atom is 0.178 e. The fraction of sp³-hybridized carbons (Fsp3) is 0.643. The first kappa shape index (κ1) is 15.1.